The fourth-order valence-corrected chi connectivity index (χ4v) is 10.7. The molecule has 0 amide bonds. The molecule has 17 atom stereocenters. The Morgan fingerprint density at radius 2 is 1.57 bits per heavy atom. The topological polar surface area (TPSA) is 209 Å². The molecule has 3 heterocycles. The van der Waals surface area contributed by atoms with E-state index in [-0.39, 0.29) is 34.4 Å². The second-order valence-corrected chi connectivity index (χ2v) is 15.9. The largest absolute Gasteiger partial charge is 0.431 e. The lowest BCUT2D eigenvalue weighted by Crippen LogP contribution is -2.64. The molecule has 0 bridgehead atoms. The van der Waals surface area contributed by atoms with E-state index < -0.39 is 73.6 Å². The Morgan fingerprint density at radius 3 is 2.29 bits per heavy atom. The molecule has 14 unspecified atom stereocenters. The molecule has 13 heteroatoms. The monoisotopic (exact) mass is 692 g/mol. The van der Waals surface area contributed by atoms with E-state index in [1.807, 2.05) is 6.07 Å². The van der Waals surface area contributed by atoms with Crippen LogP contribution < -0.4 is 5.63 Å². The third-order valence-electron chi connectivity index (χ3n) is 13.6. The van der Waals surface area contributed by atoms with Crippen molar-refractivity contribution >= 4 is 0 Å². The van der Waals surface area contributed by atoms with E-state index in [0.29, 0.717) is 18.8 Å². The lowest BCUT2D eigenvalue weighted by Gasteiger charge is -2.62. The average molecular weight is 693 g/mol. The molecule has 7 N–H and O–H groups in total. The van der Waals surface area contributed by atoms with Crippen LogP contribution in [0.15, 0.2) is 39.3 Å². The van der Waals surface area contributed by atoms with E-state index in [1.165, 1.54) is 11.6 Å². The summed E-state index contributed by atoms with van der Waals surface area (Å²) in [6, 6.07) is 3.32. The van der Waals surface area contributed by atoms with Crippen LogP contribution in [-0.2, 0) is 18.9 Å². The van der Waals surface area contributed by atoms with Gasteiger partial charge >= 0.3 is 5.63 Å². The molecule has 0 radical (unpaired) electrons. The molecular formula is C36H52O13. The van der Waals surface area contributed by atoms with Gasteiger partial charge in [0.15, 0.2) is 12.6 Å². The Labute approximate surface area is 285 Å². The number of allylic oxidation sites excluding steroid dienone is 1. The smallest absolute Gasteiger partial charge is 0.335 e. The molecule has 1 aromatic rings. The minimum Gasteiger partial charge on any atom is -0.431 e. The van der Waals surface area contributed by atoms with E-state index in [4.69, 9.17) is 23.4 Å². The van der Waals surface area contributed by atoms with Crippen LogP contribution in [0.4, 0.5) is 0 Å². The standard InChI is InChI=1S/C36H52O13/c1-17-31(49-33-29(42)27(40)26(39)24(15-37)48-33)28(41)30(43)32(46-17)47-20-8-11-34(2)19(14-20)5-6-23-22(34)9-12-35(3)21(10-13-36(23,35)44)18-4-7-25(38)45-16-18/h4,7,14,16-17,20-24,26-33,37,39-44H,5-6,8-13,15H2,1-3H3/t17?,20?,21?,22?,23?,24?,26?,27?,28?,29?,30?,31?,32?,33?,34-,35+,36-/m0/s1. The molecule has 0 spiro atoms. The Bertz CT molecular complexity index is 1430. The molecular weight excluding hydrogens is 640 g/mol. The van der Waals surface area contributed by atoms with Crippen molar-refractivity contribution in [1.82, 2.24) is 0 Å². The molecule has 2 saturated heterocycles. The molecule has 49 heavy (non-hydrogen) atoms. The molecule has 274 valence electrons. The zero-order valence-electron chi connectivity index (χ0n) is 28.3. The highest BCUT2D eigenvalue weighted by atomic mass is 16.7. The Hall–Kier alpha value is -1.75. The van der Waals surface area contributed by atoms with Gasteiger partial charge in [0.25, 0.3) is 0 Å². The first-order valence-corrected chi connectivity index (χ1v) is 17.9. The van der Waals surface area contributed by atoms with Crippen molar-refractivity contribution in [3.63, 3.8) is 0 Å². The van der Waals surface area contributed by atoms with Crippen molar-refractivity contribution in [2.75, 3.05) is 6.61 Å². The summed E-state index contributed by atoms with van der Waals surface area (Å²) in [6.45, 7) is 5.53. The van der Waals surface area contributed by atoms with Gasteiger partial charge in [-0.2, -0.15) is 0 Å². The summed E-state index contributed by atoms with van der Waals surface area (Å²) >= 11 is 0. The number of hydrogen-bond donors (Lipinski definition) is 7. The molecule has 5 fully saturated rings. The van der Waals surface area contributed by atoms with E-state index >= 15 is 0 Å². The summed E-state index contributed by atoms with van der Waals surface area (Å²) in [7, 11) is 0. The van der Waals surface area contributed by atoms with Crippen LogP contribution in [0.2, 0.25) is 0 Å². The zero-order valence-corrected chi connectivity index (χ0v) is 28.3. The lowest BCUT2D eigenvalue weighted by atomic mass is 9.45. The Kier molecular flexibility index (Phi) is 9.48. The summed E-state index contributed by atoms with van der Waals surface area (Å²) in [6.07, 6.45) is -3.69. The molecule has 2 aliphatic heterocycles. The van der Waals surface area contributed by atoms with E-state index in [1.54, 1.807) is 13.2 Å². The van der Waals surface area contributed by atoms with E-state index in [0.717, 1.165) is 44.1 Å². The SMILES string of the molecule is CC1OC(OC2C=C3CCC4C(CC[C@]5(C)C(c6ccc(=O)oc6)CC[C@]45O)[C@@]3(C)CC2)C(O)C(O)C1OC1OC(CO)C(O)C(O)C1O. The minimum absolute atomic E-state index is 0.110. The predicted molar refractivity (Wildman–Crippen MR) is 171 cm³/mol. The summed E-state index contributed by atoms with van der Waals surface area (Å²) in [5.41, 5.74) is 0.655. The second kappa shape index (κ2) is 13.0. The van der Waals surface area contributed by atoms with Crippen LogP contribution in [0.1, 0.15) is 83.6 Å². The summed E-state index contributed by atoms with van der Waals surface area (Å²) in [5, 5.41) is 74.7. The van der Waals surface area contributed by atoms with Gasteiger partial charge < -0.3 is 59.1 Å². The van der Waals surface area contributed by atoms with Gasteiger partial charge in [0.2, 0.25) is 0 Å². The van der Waals surface area contributed by atoms with Crippen molar-refractivity contribution < 1.29 is 59.1 Å². The molecule has 13 nitrogen and oxygen atoms in total. The van der Waals surface area contributed by atoms with Crippen LogP contribution >= 0.6 is 0 Å². The van der Waals surface area contributed by atoms with Crippen LogP contribution in [0, 0.1) is 22.7 Å². The highest BCUT2D eigenvalue weighted by Crippen LogP contribution is 2.70. The van der Waals surface area contributed by atoms with Gasteiger partial charge in [-0.1, -0.05) is 25.5 Å². The maximum atomic E-state index is 12.5. The van der Waals surface area contributed by atoms with Crippen LogP contribution in [-0.4, -0.2) is 115 Å². The van der Waals surface area contributed by atoms with Gasteiger partial charge in [-0.25, -0.2) is 4.79 Å². The molecule has 4 aliphatic carbocycles. The third-order valence-corrected chi connectivity index (χ3v) is 13.6. The number of aliphatic hydroxyl groups excluding tert-OH is 6. The van der Waals surface area contributed by atoms with Crippen molar-refractivity contribution in [3.05, 3.63) is 46.0 Å². The van der Waals surface area contributed by atoms with Gasteiger partial charge in [0, 0.05) is 11.5 Å². The fraction of sp³-hybridized carbons (Fsp3) is 0.806. The van der Waals surface area contributed by atoms with Gasteiger partial charge in [-0.15, -0.1) is 0 Å². The Morgan fingerprint density at radius 1 is 0.837 bits per heavy atom. The van der Waals surface area contributed by atoms with Crippen molar-refractivity contribution in [3.8, 4) is 0 Å². The number of aliphatic hydroxyl groups is 7. The first-order valence-electron chi connectivity index (χ1n) is 17.9. The number of rotatable bonds is 6. The highest BCUT2D eigenvalue weighted by molar-refractivity contribution is 5.31. The number of fused-ring (bicyclic) bond motifs is 5. The van der Waals surface area contributed by atoms with E-state index in [2.05, 4.69) is 19.9 Å². The number of hydrogen-bond acceptors (Lipinski definition) is 13. The molecule has 0 aromatic carbocycles. The first kappa shape index (κ1) is 35.6. The third kappa shape index (κ3) is 5.68. The fourth-order valence-electron chi connectivity index (χ4n) is 10.7. The molecule has 7 rings (SSSR count). The summed E-state index contributed by atoms with van der Waals surface area (Å²) in [4.78, 5) is 11.6. The molecule has 6 aliphatic rings. The maximum Gasteiger partial charge on any atom is 0.335 e. The normalized spacial score (nSPS) is 51.3. The van der Waals surface area contributed by atoms with Gasteiger partial charge in [0.1, 0.15) is 42.7 Å². The van der Waals surface area contributed by atoms with Crippen LogP contribution in [0.5, 0.6) is 0 Å². The predicted octanol–water partition coefficient (Wildman–Crippen LogP) is 0.838. The van der Waals surface area contributed by atoms with Gasteiger partial charge in [-0.3, -0.25) is 0 Å². The van der Waals surface area contributed by atoms with E-state index in [9.17, 15) is 40.5 Å². The number of ether oxygens (including phenoxy) is 4. The molecule has 1 aromatic heterocycles. The lowest BCUT2D eigenvalue weighted by molar-refractivity contribution is -0.357. The van der Waals surface area contributed by atoms with Gasteiger partial charge in [0.05, 0.1) is 30.7 Å². The maximum absolute atomic E-state index is 12.5. The average Bonchev–Trinajstić information content (AvgIpc) is 3.36. The minimum atomic E-state index is -1.66. The van der Waals surface area contributed by atoms with Crippen molar-refractivity contribution in [2.24, 2.45) is 22.7 Å². The van der Waals surface area contributed by atoms with Crippen LogP contribution in [0.25, 0.3) is 0 Å². The quantitative estimate of drug-likeness (QED) is 0.207. The summed E-state index contributed by atoms with van der Waals surface area (Å²) in [5.74, 6) is 0.572. The van der Waals surface area contributed by atoms with Crippen LogP contribution in [0.3, 0.4) is 0 Å². The Balaban J connectivity index is 1.01. The van der Waals surface area contributed by atoms with Crippen molar-refractivity contribution in [2.45, 2.75) is 151 Å². The highest BCUT2D eigenvalue weighted by Gasteiger charge is 2.67. The van der Waals surface area contributed by atoms with Crippen molar-refractivity contribution in [1.29, 1.82) is 0 Å². The summed E-state index contributed by atoms with van der Waals surface area (Å²) < 4.78 is 28.7. The zero-order chi connectivity index (χ0) is 35.0. The first-order chi connectivity index (χ1) is 23.2. The molecule has 3 saturated carbocycles. The van der Waals surface area contributed by atoms with Gasteiger partial charge in [-0.05, 0) is 93.1 Å². The second-order valence-electron chi connectivity index (χ2n) is 15.9.